The van der Waals surface area contributed by atoms with E-state index in [9.17, 15) is 0 Å². The van der Waals surface area contributed by atoms with E-state index < -0.39 is 5.41 Å². The van der Waals surface area contributed by atoms with E-state index in [1.807, 2.05) is 0 Å². The molecule has 2 nitrogen and oxygen atoms in total. The number of rotatable bonds is 3. The summed E-state index contributed by atoms with van der Waals surface area (Å²) >= 11 is 0. The number of anilines is 6. The molecule has 0 amide bonds. The Labute approximate surface area is 343 Å². The average molecular weight is 747 g/mol. The highest BCUT2D eigenvalue weighted by molar-refractivity contribution is 7.01. The fourth-order valence-electron chi connectivity index (χ4n) is 9.87. The lowest BCUT2D eigenvalue weighted by molar-refractivity contribution is 0.582. The number of hydrogen-bond donors (Lipinski definition) is 0. The number of nitrogens with zero attached hydrogens (tertiary/aromatic N) is 2. The molecular weight excluding hydrogens is 687 g/mol. The van der Waals surface area contributed by atoms with Gasteiger partial charge in [0.1, 0.15) is 0 Å². The molecule has 3 heteroatoms. The van der Waals surface area contributed by atoms with Gasteiger partial charge in [-0.3, -0.25) is 0 Å². The number of benzene rings is 6. The van der Waals surface area contributed by atoms with Crippen molar-refractivity contribution in [2.75, 3.05) is 9.80 Å². The van der Waals surface area contributed by atoms with Gasteiger partial charge in [0.05, 0.1) is 0 Å². The first kappa shape index (κ1) is 37.6. The standard InChI is InChI=1S/C54H59BN2/c1-50(2,3)34-22-26-39(27-23-34)56-43-20-17-21-44-49(43)55-47-41(30-37(32-45(47)56)52(7,8)9)54(13,36-18-15-14-16-19-36)42-31-38(53(10,11)12)33-46(48(42)55)57(44)40-28-24-35(25-29-40)51(4,5)6/h14-33H,1-13H3. The lowest BCUT2D eigenvalue weighted by Crippen LogP contribution is -2.67. The van der Waals surface area contributed by atoms with Gasteiger partial charge in [-0.1, -0.05) is 156 Å². The van der Waals surface area contributed by atoms with E-state index in [2.05, 4.69) is 221 Å². The maximum Gasteiger partial charge on any atom is 0.252 e. The van der Waals surface area contributed by atoms with Crippen LogP contribution in [-0.4, -0.2) is 6.71 Å². The van der Waals surface area contributed by atoms with Gasteiger partial charge in [0, 0.05) is 39.5 Å². The van der Waals surface area contributed by atoms with Gasteiger partial charge in [-0.2, -0.15) is 0 Å². The first-order chi connectivity index (χ1) is 26.7. The van der Waals surface area contributed by atoms with Crippen LogP contribution in [0.4, 0.5) is 34.1 Å². The van der Waals surface area contributed by atoms with Gasteiger partial charge in [0.15, 0.2) is 0 Å². The maximum absolute atomic E-state index is 2.60. The van der Waals surface area contributed by atoms with Crippen molar-refractivity contribution >= 4 is 57.2 Å². The molecule has 0 bridgehead atoms. The number of hydrogen-bond acceptors (Lipinski definition) is 2. The summed E-state index contributed by atoms with van der Waals surface area (Å²) in [6.07, 6.45) is 0. The fraction of sp³-hybridized carbons (Fsp3) is 0.333. The normalized spacial score (nSPS) is 15.5. The Bertz CT molecular complexity index is 2400. The zero-order valence-corrected chi connectivity index (χ0v) is 36.5. The van der Waals surface area contributed by atoms with Crippen LogP contribution in [0.25, 0.3) is 0 Å². The minimum absolute atomic E-state index is 0.0612. The van der Waals surface area contributed by atoms with Crippen molar-refractivity contribution < 1.29 is 0 Å². The molecule has 0 unspecified atom stereocenters. The van der Waals surface area contributed by atoms with E-state index in [0.29, 0.717) is 0 Å². The van der Waals surface area contributed by atoms with Crippen molar-refractivity contribution in [1.82, 2.24) is 0 Å². The second-order valence-corrected chi connectivity index (χ2v) is 21.3. The zero-order valence-electron chi connectivity index (χ0n) is 36.5. The molecule has 0 saturated carbocycles. The van der Waals surface area contributed by atoms with E-state index in [0.717, 1.165) is 0 Å². The van der Waals surface area contributed by atoms with Crippen LogP contribution in [0.3, 0.4) is 0 Å². The first-order valence-electron chi connectivity index (χ1n) is 21.1. The van der Waals surface area contributed by atoms with Gasteiger partial charge >= 0.3 is 0 Å². The summed E-state index contributed by atoms with van der Waals surface area (Å²) in [6, 6.07) is 47.4. The third kappa shape index (κ3) is 5.66. The molecule has 0 fully saturated rings. The highest BCUT2D eigenvalue weighted by Crippen LogP contribution is 2.52. The Balaban J connectivity index is 1.46. The first-order valence-corrected chi connectivity index (χ1v) is 21.1. The Morgan fingerprint density at radius 2 is 0.772 bits per heavy atom. The summed E-state index contributed by atoms with van der Waals surface area (Å²) in [6.45, 7) is 30.6. The Morgan fingerprint density at radius 1 is 0.386 bits per heavy atom. The van der Waals surface area contributed by atoms with Crippen LogP contribution in [-0.2, 0) is 27.1 Å². The van der Waals surface area contributed by atoms with Crippen LogP contribution in [0.15, 0.2) is 121 Å². The van der Waals surface area contributed by atoms with Crippen LogP contribution in [0, 0.1) is 0 Å². The molecule has 3 heterocycles. The largest absolute Gasteiger partial charge is 0.311 e. The molecule has 0 N–H and O–H groups in total. The molecule has 0 spiro atoms. The second kappa shape index (κ2) is 12.2. The molecule has 6 aromatic rings. The molecule has 3 aliphatic heterocycles. The predicted molar refractivity (Wildman–Crippen MR) is 247 cm³/mol. The smallest absolute Gasteiger partial charge is 0.252 e. The lowest BCUT2D eigenvalue weighted by Gasteiger charge is -2.52. The van der Waals surface area contributed by atoms with Crippen LogP contribution >= 0.6 is 0 Å². The van der Waals surface area contributed by atoms with E-state index in [4.69, 9.17) is 0 Å². The second-order valence-electron chi connectivity index (χ2n) is 21.3. The van der Waals surface area contributed by atoms with Gasteiger partial charge in [-0.15, -0.1) is 0 Å². The molecule has 0 aromatic heterocycles. The average Bonchev–Trinajstić information content (AvgIpc) is 3.15. The maximum atomic E-state index is 2.60. The summed E-state index contributed by atoms with van der Waals surface area (Å²) in [5.41, 5.74) is 21.0. The minimum atomic E-state index is -0.415. The van der Waals surface area contributed by atoms with Crippen molar-refractivity contribution in [3.05, 3.63) is 160 Å². The topological polar surface area (TPSA) is 6.48 Å². The van der Waals surface area contributed by atoms with Gasteiger partial charge in [-0.05, 0) is 132 Å². The summed E-state index contributed by atoms with van der Waals surface area (Å²) in [5, 5.41) is 0. The van der Waals surface area contributed by atoms with Crippen LogP contribution in [0.5, 0.6) is 0 Å². The van der Waals surface area contributed by atoms with Crippen molar-refractivity contribution in [3.8, 4) is 0 Å². The molecule has 288 valence electrons. The molecule has 0 atom stereocenters. The van der Waals surface area contributed by atoms with E-state index in [1.54, 1.807) is 0 Å². The Hall–Kier alpha value is -5.02. The van der Waals surface area contributed by atoms with Crippen molar-refractivity contribution in [2.45, 2.75) is 117 Å². The summed E-state index contributed by atoms with van der Waals surface area (Å²) < 4.78 is 0. The monoisotopic (exact) mass is 746 g/mol. The van der Waals surface area contributed by atoms with Gasteiger partial charge in [-0.25, -0.2) is 0 Å². The predicted octanol–water partition coefficient (Wildman–Crippen LogP) is 12.6. The van der Waals surface area contributed by atoms with Gasteiger partial charge in [0.2, 0.25) is 0 Å². The molecule has 57 heavy (non-hydrogen) atoms. The molecule has 0 radical (unpaired) electrons. The lowest BCUT2D eigenvalue weighted by atomic mass is 9.28. The Kier molecular flexibility index (Phi) is 8.07. The molecule has 0 saturated heterocycles. The summed E-state index contributed by atoms with van der Waals surface area (Å²) in [7, 11) is 0. The van der Waals surface area contributed by atoms with E-state index >= 15 is 0 Å². The minimum Gasteiger partial charge on any atom is -0.311 e. The molecule has 9 rings (SSSR count). The van der Waals surface area contributed by atoms with Crippen molar-refractivity contribution in [3.63, 3.8) is 0 Å². The zero-order chi connectivity index (χ0) is 40.6. The van der Waals surface area contributed by atoms with Crippen LogP contribution in [0.2, 0.25) is 0 Å². The van der Waals surface area contributed by atoms with E-state index in [1.165, 1.54) is 89.5 Å². The summed E-state index contributed by atoms with van der Waals surface area (Å²) in [5.74, 6) is 0. The third-order valence-corrected chi connectivity index (χ3v) is 13.3. The van der Waals surface area contributed by atoms with Crippen LogP contribution < -0.4 is 26.2 Å². The Morgan fingerprint density at radius 3 is 1.14 bits per heavy atom. The van der Waals surface area contributed by atoms with Gasteiger partial charge in [0.25, 0.3) is 6.71 Å². The fourth-order valence-corrected chi connectivity index (χ4v) is 9.87. The quantitative estimate of drug-likeness (QED) is 0.166. The van der Waals surface area contributed by atoms with Gasteiger partial charge < -0.3 is 9.80 Å². The molecule has 0 aliphatic carbocycles. The SMILES string of the molecule is CC(C)(C)c1ccc(N2c3cccc4c3B3c5c2cc(C(C)(C)C)cc5C(C)(c2ccccc2)c2cc(C(C)(C)C)cc(c23)N4c2ccc(C(C)(C)C)cc2)cc1. The van der Waals surface area contributed by atoms with Crippen LogP contribution in [0.1, 0.15) is 129 Å². The third-order valence-electron chi connectivity index (χ3n) is 13.3. The highest BCUT2D eigenvalue weighted by atomic mass is 15.2. The molecule has 3 aliphatic rings. The molecule has 6 aromatic carbocycles. The highest BCUT2D eigenvalue weighted by Gasteiger charge is 2.53. The molecular formula is C54H59BN2. The van der Waals surface area contributed by atoms with E-state index in [-0.39, 0.29) is 28.4 Å². The van der Waals surface area contributed by atoms with Crippen molar-refractivity contribution in [2.24, 2.45) is 0 Å². The van der Waals surface area contributed by atoms with Crippen molar-refractivity contribution in [1.29, 1.82) is 0 Å². The summed E-state index contributed by atoms with van der Waals surface area (Å²) in [4.78, 5) is 5.20.